The minimum absolute atomic E-state index is 0.232. The molecule has 0 bridgehead atoms. The molecular weight excluding hydrogens is 360 g/mol. The van der Waals surface area contributed by atoms with E-state index in [0.717, 1.165) is 18.4 Å². The van der Waals surface area contributed by atoms with Crippen LogP contribution >= 0.6 is 0 Å². The number of esters is 1. The summed E-state index contributed by atoms with van der Waals surface area (Å²) in [5, 5.41) is 2.21. The van der Waals surface area contributed by atoms with E-state index in [2.05, 4.69) is 10.1 Å². The molecule has 0 atom stereocenters. The molecule has 1 aromatic rings. The van der Waals surface area contributed by atoms with Crippen molar-refractivity contribution >= 4 is 21.8 Å². The van der Waals surface area contributed by atoms with Gasteiger partial charge in [-0.2, -0.15) is 0 Å². The highest BCUT2D eigenvalue weighted by molar-refractivity contribution is 7.92. The Bertz CT molecular complexity index is 724. The lowest BCUT2D eigenvalue weighted by Crippen LogP contribution is -2.47. The fourth-order valence-corrected chi connectivity index (χ4v) is 4.40. The Morgan fingerprint density at radius 2 is 1.77 bits per heavy atom. The second-order valence-electron chi connectivity index (χ2n) is 6.08. The van der Waals surface area contributed by atoms with E-state index in [1.165, 1.54) is 0 Å². The Morgan fingerprint density at radius 3 is 2.31 bits per heavy atom. The van der Waals surface area contributed by atoms with Crippen LogP contribution in [0, 0.1) is 0 Å². The van der Waals surface area contributed by atoms with Crippen molar-refractivity contribution in [1.29, 1.82) is 0 Å². The molecule has 144 valence electrons. The molecule has 1 N–H and O–H groups in total. The van der Waals surface area contributed by atoms with E-state index in [1.54, 1.807) is 12.0 Å². The zero-order chi connectivity index (χ0) is 19.2. The van der Waals surface area contributed by atoms with Gasteiger partial charge in [-0.15, -0.1) is 0 Å². The lowest BCUT2D eigenvalue weighted by Gasteiger charge is -2.31. The van der Waals surface area contributed by atoms with Gasteiger partial charge in [0.25, 0.3) is 0 Å². The van der Waals surface area contributed by atoms with Crippen molar-refractivity contribution < 1.29 is 27.5 Å². The first-order chi connectivity index (χ1) is 12.4. The predicted molar refractivity (Wildman–Crippen MR) is 95.6 cm³/mol. The summed E-state index contributed by atoms with van der Waals surface area (Å²) >= 11 is 0. The van der Waals surface area contributed by atoms with Gasteiger partial charge in [0.2, 0.25) is 0 Å². The quantitative estimate of drug-likeness (QED) is 0.733. The van der Waals surface area contributed by atoms with Crippen molar-refractivity contribution in [2.45, 2.75) is 24.6 Å². The molecule has 0 saturated carbocycles. The van der Waals surface area contributed by atoms with Crippen LogP contribution in [-0.2, 0) is 25.9 Å². The number of carbonyl (C=O) groups excluding carboxylic acids is 2. The number of likely N-dealkylation sites (tertiary alicyclic amines) is 1. The average Bonchev–Trinajstić information content (AvgIpc) is 2.66. The first-order valence-electron chi connectivity index (χ1n) is 8.30. The number of urea groups is 1. The van der Waals surface area contributed by atoms with Gasteiger partial charge in [0.1, 0.15) is 11.5 Å². The van der Waals surface area contributed by atoms with E-state index in [9.17, 15) is 18.0 Å². The number of ether oxygens (including phenoxy) is 2. The predicted octanol–water partition coefficient (Wildman–Crippen LogP) is 0.957. The van der Waals surface area contributed by atoms with Crippen molar-refractivity contribution in [2.75, 3.05) is 33.1 Å². The monoisotopic (exact) mass is 384 g/mol. The number of amides is 2. The number of benzene rings is 1. The maximum Gasteiger partial charge on any atom is 0.320 e. The summed E-state index contributed by atoms with van der Waals surface area (Å²) in [5.41, 5.74) is 0.940. The van der Waals surface area contributed by atoms with E-state index in [-0.39, 0.29) is 6.03 Å². The van der Waals surface area contributed by atoms with Crippen LogP contribution in [0.15, 0.2) is 24.3 Å². The molecule has 9 heteroatoms. The molecule has 1 heterocycles. The van der Waals surface area contributed by atoms with Crippen LogP contribution in [0.1, 0.15) is 18.4 Å². The number of hydrogen-bond acceptors (Lipinski definition) is 6. The Morgan fingerprint density at radius 1 is 1.15 bits per heavy atom. The largest absolute Gasteiger partial charge is 0.497 e. The SMILES string of the molecule is COC(=O)CS(=O)(=O)C1CCN(C(=O)NCc2ccc(OC)cc2)CC1. The number of sulfone groups is 1. The molecule has 0 radical (unpaired) electrons. The minimum atomic E-state index is -3.55. The summed E-state index contributed by atoms with van der Waals surface area (Å²) in [6.45, 7) is 1.04. The van der Waals surface area contributed by atoms with Crippen molar-refractivity contribution in [3.8, 4) is 5.75 Å². The zero-order valence-corrected chi connectivity index (χ0v) is 15.8. The number of methoxy groups -OCH3 is 2. The van der Waals surface area contributed by atoms with Gasteiger partial charge >= 0.3 is 12.0 Å². The zero-order valence-electron chi connectivity index (χ0n) is 14.9. The Balaban J connectivity index is 1.81. The van der Waals surface area contributed by atoms with Crippen molar-refractivity contribution in [2.24, 2.45) is 0 Å². The molecule has 0 spiro atoms. The number of nitrogens with zero attached hydrogens (tertiary/aromatic N) is 1. The first kappa shape index (κ1) is 20.0. The number of carbonyl (C=O) groups is 2. The standard InChI is InChI=1S/C17H24N2O6S/c1-24-14-5-3-13(4-6-14)11-18-17(21)19-9-7-15(8-10-19)26(22,23)12-16(20)25-2/h3-6,15H,7-12H2,1-2H3,(H,18,21). The fraction of sp³-hybridized carbons (Fsp3) is 0.529. The third-order valence-electron chi connectivity index (χ3n) is 4.39. The summed E-state index contributed by atoms with van der Waals surface area (Å²) in [7, 11) is -0.801. The van der Waals surface area contributed by atoms with E-state index in [4.69, 9.17) is 4.74 Å². The molecule has 26 heavy (non-hydrogen) atoms. The topological polar surface area (TPSA) is 102 Å². The molecule has 1 fully saturated rings. The van der Waals surface area contributed by atoms with Gasteiger partial charge in [0.15, 0.2) is 9.84 Å². The summed E-state index contributed by atoms with van der Waals surface area (Å²) in [6, 6.07) is 7.14. The number of piperidine rings is 1. The summed E-state index contributed by atoms with van der Waals surface area (Å²) in [6.07, 6.45) is 0.630. The van der Waals surface area contributed by atoms with E-state index in [0.29, 0.717) is 32.5 Å². The summed E-state index contributed by atoms with van der Waals surface area (Å²) < 4.78 is 33.8. The lowest BCUT2D eigenvalue weighted by molar-refractivity contribution is -0.137. The van der Waals surface area contributed by atoms with E-state index < -0.39 is 26.8 Å². The van der Waals surface area contributed by atoms with Crippen LogP contribution < -0.4 is 10.1 Å². The van der Waals surface area contributed by atoms with Gasteiger partial charge < -0.3 is 19.7 Å². The highest BCUT2D eigenvalue weighted by Crippen LogP contribution is 2.19. The van der Waals surface area contributed by atoms with Crippen LogP contribution in [0.5, 0.6) is 5.75 Å². The van der Waals surface area contributed by atoms with Crippen molar-refractivity contribution in [3.63, 3.8) is 0 Å². The number of nitrogens with one attached hydrogen (secondary N) is 1. The van der Waals surface area contributed by atoms with E-state index in [1.807, 2.05) is 24.3 Å². The van der Waals surface area contributed by atoms with Crippen molar-refractivity contribution in [3.05, 3.63) is 29.8 Å². The molecular formula is C17H24N2O6S. The molecule has 0 aliphatic carbocycles. The molecule has 0 unspecified atom stereocenters. The summed E-state index contributed by atoms with van der Waals surface area (Å²) in [5.74, 6) is -0.627. The molecule has 8 nitrogen and oxygen atoms in total. The van der Waals surface area contributed by atoms with Crippen LogP contribution in [0.3, 0.4) is 0 Å². The van der Waals surface area contributed by atoms with Gasteiger partial charge in [-0.1, -0.05) is 12.1 Å². The molecule has 1 aromatic carbocycles. The van der Waals surface area contributed by atoms with Gasteiger partial charge in [0.05, 0.1) is 19.5 Å². The van der Waals surface area contributed by atoms with Crippen LogP contribution in [0.4, 0.5) is 4.79 Å². The van der Waals surface area contributed by atoms with Gasteiger partial charge in [-0.3, -0.25) is 4.79 Å². The maximum atomic E-state index is 12.2. The molecule has 1 aliphatic rings. The van der Waals surface area contributed by atoms with Gasteiger partial charge in [-0.25, -0.2) is 13.2 Å². The third kappa shape index (κ3) is 5.35. The van der Waals surface area contributed by atoms with Gasteiger partial charge in [-0.05, 0) is 30.5 Å². The number of rotatable bonds is 6. The second-order valence-corrected chi connectivity index (χ2v) is 8.36. The smallest absolute Gasteiger partial charge is 0.320 e. The molecule has 0 aromatic heterocycles. The summed E-state index contributed by atoms with van der Waals surface area (Å²) in [4.78, 5) is 25.1. The minimum Gasteiger partial charge on any atom is -0.497 e. The molecule has 2 amide bonds. The molecule has 1 saturated heterocycles. The van der Waals surface area contributed by atoms with Crippen molar-refractivity contribution in [1.82, 2.24) is 10.2 Å². The Kier molecular flexibility index (Phi) is 6.84. The van der Waals surface area contributed by atoms with Crippen LogP contribution in [0.2, 0.25) is 0 Å². The maximum absolute atomic E-state index is 12.2. The first-order valence-corrected chi connectivity index (χ1v) is 10.0. The lowest BCUT2D eigenvalue weighted by atomic mass is 10.1. The van der Waals surface area contributed by atoms with E-state index >= 15 is 0 Å². The highest BCUT2D eigenvalue weighted by atomic mass is 32.2. The highest BCUT2D eigenvalue weighted by Gasteiger charge is 2.33. The third-order valence-corrected chi connectivity index (χ3v) is 6.51. The normalized spacial score (nSPS) is 15.4. The second kappa shape index (κ2) is 8.88. The van der Waals surface area contributed by atoms with Crippen LogP contribution in [-0.4, -0.2) is 63.6 Å². The van der Waals surface area contributed by atoms with Crippen LogP contribution in [0.25, 0.3) is 0 Å². The Labute approximate surface area is 153 Å². The van der Waals surface area contributed by atoms with Gasteiger partial charge in [0, 0.05) is 19.6 Å². The fourth-order valence-electron chi connectivity index (χ4n) is 2.79. The average molecular weight is 384 g/mol. The molecule has 1 aliphatic heterocycles. The Hall–Kier alpha value is -2.29. The number of hydrogen-bond donors (Lipinski definition) is 1. The molecule has 2 rings (SSSR count).